The zero-order chi connectivity index (χ0) is 22.0. The predicted molar refractivity (Wildman–Crippen MR) is 124 cm³/mol. The van der Waals surface area contributed by atoms with E-state index in [1.807, 2.05) is 13.0 Å². The van der Waals surface area contributed by atoms with Crippen LogP contribution in [0.2, 0.25) is 5.02 Å². The van der Waals surface area contributed by atoms with Crippen LogP contribution in [0.1, 0.15) is 18.2 Å². The third kappa shape index (κ3) is 4.52. The molecule has 0 saturated carbocycles. The molecule has 31 heavy (non-hydrogen) atoms. The molecule has 0 aliphatic heterocycles. The quantitative estimate of drug-likeness (QED) is 0.324. The molecule has 4 aromatic rings. The molecule has 0 radical (unpaired) electrons. The van der Waals surface area contributed by atoms with Gasteiger partial charge < -0.3 is 9.73 Å². The minimum absolute atomic E-state index is 0.178. The maximum absolute atomic E-state index is 13.2. The number of carbonyl (C=O) groups excluding carboxylic acids is 1. The largest absolute Gasteiger partial charge is 0.467 e. The number of thioether (sulfide) groups is 1. The zero-order valence-corrected chi connectivity index (χ0v) is 18.5. The molecule has 1 unspecified atom stereocenters. The lowest BCUT2D eigenvalue weighted by atomic mass is 10.2. The third-order valence-electron chi connectivity index (χ3n) is 4.90. The zero-order valence-electron chi connectivity index (χ0n) is 17.0. The van der Waals surface area contributed by atoms with Crippen molar-refractivity contribution >= 4 is 45.9 Å². The van der Waals surface area contributed by atoms with Gasteiger partial charge in [0.25, 0.3) is 5.56 Å². The Morgan fingerprint density at radius 3 is 2.77 bits per heavy atom. The summed E-state index contributed by atoms with van der Waals surface area (Å²) in [7, 11) is 0. The summed E-state index contributed by atoms with van der Waals surface area (Å²) in [4.78, 5) is 30.7. The molecular formula is C23H20ClN3O3S. The molecular weight excluding hydrogens is 434 g/mol. The Kier molecular flexibility index (Phi) is 6.15. The number of hydrogen-bond acceptors (Lipinski definition) is 5. The van der Waals surface area contributed by atoms with Crippen molar-refractivity contribution in [3.05, 3.63) is 87.6 Å². The highest BCUT2D eigenvalue weighted by atomic mass is 35.5. The van der Waals surface area contributed by atoms with Gasteiger partial charge in [-0.15, -0.1) is 0 Å². The van der Waals surface area contributed by atoms with Crippen molar-refractivity contribution in [3.8, 4) is 0 Å². The Morgan fingerprint density at radius 2 is 2.00 bits per heavy atom. The van der Waals surface area contributed by atoms with E-state index < -0.39 is 5.25 Å². The Morgan fingerprint density at radius 1 is 1.19 bits per heavy atom. The molecule has 6 nitrogen and oxygen atoms in total. The van der Waals surface area contributed by atoms with Gasteiger partial charge in [-0.3, -0.25) is 14.2 Å². The Hall–Kier alpha value is -3.03. The van der Waals surface area contributed by atoms with E-state index in [9.17, 15) is 9.59 Å². The van der Waals surface area contributed by atoms with Crippen molar-refractivity contribution in [3.63, 3.8) is 0 Å². The van der Waals surface area contributed by atoms with Crippen LogP contribution in [0.5, 0.6) is 0 Å². The molecule has 1 atom stereocenters. The number of fused-ring (bicyclic) bond motifs is 1. The molecule has 158 valence electrons. The van der Waals surface area contributed by atoms with E-state index in [1.54, 1.807) is 66.3 Å². The lowest BCUT2D eigenvalue weighted by Crippen LogP contribution is -2.27. The molecule has 2 aromatic heterocycles. The minimum atomic E-state index is -0.505. The summed E-state index contributed by atoms with van der Waals surface area (Å²) in [5.41, 5.74) is 1.87. The van der Waals surface area contributed by atoms with Gasteiger partial charge >= 0.3 is 0 Å². The van der Waals surface area contributed by atoms with Crippen molar-refractivity contribution in [2.75, 3.05) is 5.32 Å². The van der Waals surface area contributed by atoms with Gasteiger partial charge in [-0.25, -0.2) is 4.98 Å². The minimum Gasteiger partial charge on any atom is -0.467 e. The number of carbonyl (C=O) groups is 1. The Bertz CT molecular complexity index is 1300. The molecule has 1 amide bonds. The number of furan rings is 1. The maximum Gasteiger partial charge on any atom is 0.262 e. The highest BCUT2D eigenvalue weighted by molar-refractivity contribution is 8.00. The van der Waals surface area contributed by atoms with Crippen LogP contribution in [0.25, 0.3) is 10.9 Å². The first-order valence-corrected chi connectivity index (χ1v) is 10.9. The van der Waals surface area contributed by atoms with Gasteiger partial charge in [0.05, 0.1) is 29.0 Å². The Balaban J connectivity index is 1.65. The molecule has 0 aliphatic carbocycles. The summed E-state index contributed by atoms with van der Waals surface area (Å²) in [6, 6.07) is 16.1. The molecule has 0 fully saturated rings. The van der Waals surface area contributed by atoms with Crippen LogP contribution < -0.4 is 10.9 Å². The molecule has 0 aliphatic rings. The summed E-state index contributed by atoms with van der Waals surface area (Å²) in [6.45, 7) is 3.86. The highest BCUT2D eigenvalue weighted by Crippen LogP contribution is 2.27. The number of halogens is 1. The number of benzene rings is 2. The van der Waals surface area contributed by atoms with Crippen LogP contribution in [0.15, 0.2) is 75.2 Å². The molecule has 4 rings (SSSR count). The monoisotopic (exact) mass is 453 g/mol. The second-order valence-corrected chi connectivity index (χ2v) is 8.76. The maximum atomic E-state index is 13.2. The van der Waals surface area contributed by atoms with E-state index in [-0.39, 0.29) is 18.0 Å². The van der Waals surface area contributed by atoms with E-state index >= 15 is 0 Å². The van der Waals surface area contributed by atoms with Crippen LogP contribution in [0.3, 0.4) is 0 Å². The molecule has 0 saturated heterocycles. The molecule has 2 heterocycles. The number of anilines is 1. The number of nitrogens with zero attached hydrogens (tertiary/aromatic N) is 2. The first-order chi connectivity index (χ1) is 14.9. The van der Waals surface area contributed by atoms with Gasteiger partial charge in [0.1, 0.15) is 5.76 Å². The summed E-state index contributed by atoms with van der Waals surface area (Å²) in [6.07, 6.45) is 1.56. The highest BCUT2D eigenvalue weighted by Gasteiger charge is 2.21. The predicted octanol–water partition coefficient (Wildman–Crippen LogP) is 5.12. The fourth-order valence-electron chi connectivity index (χ4n) is 3.12. The lowest BCUT2D eigenvalue weighted by molar-refractivity contribution is -0.115. The van der Waals surface area contributed by atoms with Crippen LogP contribution in [0.4, 0.5) is 5.69 Å². The SMILES string of the molecule is Cc1c(Cl)cccc1NC(=O)C(C)Sc1nc2ccccc2c(=O)n1Cc1ccco1. The number of rotatable bonds is 6. The van der Waals surface area contributed by atoms with Crippen LogP contribution in [0, 0.1) is 6.92 Å². The average Bonchev–Trinajstić information content (AvgIpc) is 3.27. The molecule has 2 aromatic carbocycles. The molecule has 1 N–H and O–H groups in total. The van der Waals surface area contributed by atoms with Crippen LogP contribution in [-0.4, -0.2) is 20.7 Å². The van der Waals surface area contributed by atoms with Gasteiger partial charge in [0, 0.05) is 10.7 Å². The Labute approximate surface area is 188 Å². The van der Waals surface area contributed by atoms with Crippen molar-refractivity contribution < 1.29 is 9.21 Å². The number of nitrogens with one attached hydrogen (secondary N) is 1. The van der Waals surface area contributed by atoms with Crippen molar-refractivity contribution in [1.82, 2.24) is 9.55 Å². The standard InChI is InChI=1S/C23H20ClN3O3S/c1-14-18(24)9-5-11-19(14)25-21(28)15(2)31-23-26-20-10-4-3-8-17(20)22(29)27(23)13-16-7-6-12-30-16/h3-12,15H,13H2,1-2H3,(H,25,28). The average molecular weight is 454 g/mol. The number of amides is 1. The van der Waals surface area contributed by atoms with E-state index in [0.29, 0.717) is 32.5 Å². The number of para-hydroxylation sites is 1. The smallest absolute Gasteiger partial charge is 0.262 e. The third-order valence-corrected chi connectivity index (χ3v) is 6.40. The van der Waals surface area contributed by atoms with E-state index in [4.69, 9.17) is 16.0 Å². The van der Waals surface area contributed by atoms with Crippen molar-refractivity contribution in [2.24, 2.45) is 0 Å². The van der Waals surface area contributed by atoms with Crippen molar-refractivity contribution in [1.29, 1.82) is 0 Å². The fourth-order valence-corrected chi connectivity index (χ4v) is 4.21. The first-order valence-electron chi connectivity index (χ1n) is 9.68. The van der Waals surface area contributed by atoms with Crippen molar-refractivity contribution in [2.45, 2.75) is 30.8 Å². The summed E-state index contributed by atoms with van der Waals surface area (Å²) in [5.74, 6) is 0.426. The fraction of sp³-hybridized carbons (Fsp3) is 0.174. The van der Waals surface area contributed by atoms with E-state index in [1.165, 1.54) is 11.8 Å². The van der Waals surface area contributed by atoms with Gasteiger partial charge in [-0.2, -0.15) is 0 Å². The second kappa shape index (κ2) is 8.99. The summed E-state index contributed by atoms with van der Waals surface area (Å²) < 4.78 is 6.97. The normalized spacial score (nSPS) is 12.1. The summed E-state index contributed by atoms with van der Waals surface area (Å²) >= 11 is 7.38. The lowest BCUT2D eigenvalue weighted by Gasteiger charge is -2.16. The molecule has 8 heteroatoms. The topological polar surface area (TPSA) is 77.1 Å². The van der Waals surface area contributed by atoms with Gasteiger partial charge in [-0.05, 0) is 55.8 Å². The number of aromatic nitrogens is 2. The van der Waals surface area contributed by atoms with E-state index in [2.05, 4.69) is 10.3 Å². The van der Waals surface area contributed by atoms with Crippen LogP contribution >= 0.6 is 23.4 Å². The van der Waals surface area contributed by atoms with Crippen LogP contribution in [-0.2, 0) is 11.3 Å². The number of hydrogen-bond donors (Lipinski definition) is 1. The van der Waals surface area contributed by atoms with Gasteiger partial charge in [0.2, 0.25) is 5.91 Å². The van der Waals surface area contributed by atoms with E-state index in [0.717, 1.165) is 5.56 Å². The summed E-state index contributed by atoms with van der Waals surface area (Å²) in [5, 5.41) is 3.96. The first kappa shape index (κ1) is 21.2. The van der Waals surface area contributed by atoms with Gasteiger partial charge in [0.15, 0.2) is 5.16 Å². The van der Waals surface area contributed by atoms with Gasteiger partial charge in [-0.1, -0.05) is 41.6 Å². The molecule has 0 spiro atoms. The second-order valence-electron chi connectivity index (χ2n) is 7.04. The molecule has 0 bridgehead atoms.